The van der Waals surface area contributed by atoms with Gasteiger partial charge in [-0.3, -0.25) is 0 Å². The first kappa shape index (κ1) is 10.0. The summed E-state index contributed by atoms with van der Waals surface area (Å²) in [5, 5.41) is 0. The Morgan fingerprint density at radius 1 is 1.17 bits per heavy atom. The van der Waals surface area contributed by atoms with Crippen LogP contribution in [-0.4, -0.2) is 24.0 Å². The van der Waals surface area contributed by atoms with Crippen molar-refractivity contribution in [2.24, 2.45) is 11.8 Å². The van der Waals surface area contributed by atoms with Crippen LogP contribution in [0.25, 0.3) is 0 Å². The van der Waals surface area contributed by atoms with Gasteiger partial charge in [0, 0.05) is 12.6 Å². The maximum absolute atomic E-state index is 2.62. The SMILES string of the molecule is CC1CCCN(C(C)C)CC1C. The first-order valence-corrected chi connectivity index (χ1v) is 5.35. The average molecular weight is 169 g/mol. The molecule has 1 heteroatoms. The summed E-state index contributed by atoms with van der Waals surface area (Å²) in [7, 11) is 0. The molecule has 0 aromatic rings. The number of nitrogens with zero attached hydrogens (tertiary/aromatic N) is 1. The molecule has 2 unspecified atom stereocenters. The molecule has 1 saturated heterocycles. The average Bonchev–Trinajstić information content (AvgIpc) is 2.15. The second kappa shape index (κ2) is 4.27. The minimum Gasteiger partial charge on any atom is -0.301 e. The Kier molecular flexibility index (Phi) is 3.57. The van der Waals surface area contributed by atoms with Gasteiger partial charge in [0.2, 0.25) is 0 Å². The van der Waals surface area contributed by atoms with E-state index in [-0.39, 0.29) is 0 Å². The van der Waals surface area contributed by atoms with Crippen LogP contribution in [-0.2, 0) is 0 Å². The van der Waals surface area contributed by atoms with E-state index in [9.17, 15) is 0 Å². The number of hydrogen-bond acceptors (Lipinski definition) is 1. The lowest BCUT2D eigenvalue weighted by Crippen LogP contribution is -2.34. The van der Waals surface area contributed by atoms with E-state index in [1.54, 1.807) is 0 Å². The third kappa shape index (κ3) is 2.48. The van der Waals surface area contributed by atoms with E-state index < -0.39 is 0 Å². The van der Waals surface area contributed by atoms with Crippen molar-refractivity contribution in [2.45, 2.75) is 46.6 Å². The summed E-state index contributed by atoms with van der Waals surface area (Å²) in [6.07, 6.45) is 2.81. The summed E-state index contributed by atoms with van der Waals surface area (Å²) >= 11 is 0. The van der Waals surface area contributed by atoms with Crippen molar-refractivity contribution in [1.82, 2.24) is 4.90 Å². The Morgan fingerprint density at radius 2 is 1.83 bits per heavy atom. The van der Waals surface area contributed by atoms with Gasteiger partial charge in [-0.2, -0.15) is 0 Å². The number of hydrogen-bond donors (Lipinski definition) is 0. The topological polar surface area (TPSA) is 3.24 Å². The lowest BCUT2D eigenvalue weighted by Gasteiger charge is -2.27. The van der Waals surface area contributed by atoms with Crippen LogP contribution in [0.1, 0.15) is 40.5 Å². The highest BCUT2D eigenvalue weighted by atomic mass is 15.1. The molecule has 0 N–H and O–H groups in total. The van der Waals surface area contributed by atoms with Crippen LogP contribution in [0, 0.1) is 11.8 Å². The van der Waals surface area contributed by atoms with Gasteiger partial charge >= 0.3 is 0 Å². The van der Waals surface area contributed by atoms with E-state index in [0.29, 0.717) is 0 Å². The fourth-order valence-electron chi connectivity index (χ4n) is 2.01. The van der Waals surface area contributed by atoms with Crippen LogP contribution >= 0.6 is 0 Å². The van der Waals surface area contributed by atoms with Gasteiger partial charge in [-0.25, -0.2) is 0 Å². The van der Waals surface area contributed by atoms with Gasteiger partial charge in [0.25, 0.3) is 0 Å². The monoisotopic (exact) mass is 169 g/mol. The highest BCUT2D eigenvalue weighted by Crippen LogP contribution is 2.23. The zero-order valence-corrected chi connectivity index (χ0v) is 9.01. The molecule has 0 aliphatic carbocycles. The summed E-state index contributed by atoms with van der Waals surface area (Å²) in [5.41, 5.74) is 0. The summed E-state index contributed by atoms with van der Waals surface area (Å²) in [5.74, 6) is 1.81. The highest BCUT2D eigenvalue weighted by molar-refractivity contribution is 4.74. The molecule has 0 aromatic heterocycles. The molecule has 72 valence electrons. The van der Waals surface area contributed by atoms with Gasteiger partial charge in [0.05, 0.1) is 0 Å². The molecule has 1 heterocycles. The van der Waals surface area contributed by atoms with Crippen molar-refractivity contribution >= 4 is 0 Å². The molecular formula is C11H23N. The Labute approximate surface area is 77.1 Å². The van der Waals surface area contributed by atoms with Gasteiger partial charge in [0.15, 0.2) is 0 Å². The van der Waals surface area contributed by atoms with Crippen molar-refractivity contribution in [3.8, 4) is 0 Å². The van der Waals surface area contributed by atoms with Crippen LogP contribution in [0.2, 0.25) is 0 Å². The minimum absolute atomic E-state index is 0.734. The fourth-order valence-corrected chi connectivity index (χ4v) is 2.01. The Morgan fingerprint density at radius 3 is 2.42 bits per heavy atom. The second-order valence-corrected chi connectivity index (χ2v) is 4.69. The molecule has 1 rings (SSSR count). The predicted molar refractivity (Wildman–Crippen MR) is 54.3 cm³/mol. The van der Waals surface area contributed by atoms with Crippen LogP contribution in [0.3, 0.4) is 0 Å². The van der Waals surface area contributed by atoms with E-state index in [1.165, 1.54) is 25.9 Å². The van der Waals surface area contributed by atoms with E-state index in [0.717, 1.165) is 17.9 Å². The maximum Gasteiger partial charge on any atom is 0.00387 e. The lowest BCUT2D eigenvalue weighted by atomic mass is 9.93. The Bertz CT molecular complexity index is 131. The van der Waals surface area contributed by atoms with Gasteiger partial charge in [-0.1, -0.05) is 13.8 Å². The van der Waals surface area contributed by atoms with Crippen LogP contribution in [0.5, 0.6) is 0 Å². The van der Waals surface area contributed by atoms with E-state index in [2.05, 4.69) is 32.6 Å². The van der Waals surface area contributed by atoms with Gasteiger partial charge < -0.3 is 4.90 Å². The van der Waals surface area contributed by atoms with Gasteiger partial charge in [0.1, 0.15) is 0 Å². The zero-order valence-electron chi connectivity index (χ0n) is 9.01. The van der Waals surface area contributed by atoms with Crippen molar-refractivity contribution in [3.63, 3.8) is 0 Å². The molecule has 1 aliphatic heterocycles. The molecule has 0 amide bonds. The van der Waals surface area contributed by atoms with Crippen molar-refractivity contribution in [2.75, 3.05) is 13.1 Å². The first-order valence-electron chi connectivity index (χ1n) is 5.35. The molecule has 0 aromatic carbocycles. The van der Waals surface area contributed by atoms with Gasteiger partial charge in [-0.15, -0.1) is 0 Å². The minimum atomic E-state index is 0.734. The Balaban J connectivity index is 2.48. The summed E-state index contributed by atoms with van der Waals surface area (Å²) in [6.45, 7) is 12.0. The van der Waals surface area contributed by atoms with E-state index in [4.69, 9.17) is 0 Å². The molecule has 2 atom stereocenters. The largest absolute Gasteiger partial charge is 0.301 e. The third-order valence-electron chi connectivity index (χ3n) is 3.33. The zero-order chi connectivity index (χ0) is 9.14. The first-order chi connectivity index (χ1) is 5.61. The number of likely N-dealkylation sites (tertiary alicyclic amines) is 1. The third-order valence-corrected chi connectivity index (χ3v) is 3.33. The highest BCUT2D eigenvalue weighted by Gasteiger charge is 2.21. The molecule has 1 aliphatic rings. The van der Waals surface area contributed by atoms with Crippen molar-refractivity contribution < 1.29 is 0 Å². The summed E-state index contributed by atoms with van der Waals surface area (Å²) in [4.78, 5) is 2.62. The summed E-state index contributed by atoms with van der Waals surface area (Å²) < 4.78 is 0. The normalized spacial score (nSPS) is 33.8. The second-order valence-electron chi connectivity index (χ2n) is 4.69. The molecule has 1 fully saturated rings. The quantitative estimate of drug-likeness (QED) is 0.583. The molecule has 0 bridgehead atoms. The lowest BCUT2D eigenvalue weighted by molar-refractivity contribution is 0.197. The van der Waals surface area contributed by atoms with Gasteiger partial charge in [-0.05, 0) is 45.1 Å². The van der Waals surface area contributed by atoms with Crippen LogP contribution in [0.15, 0.2) is 0 Å². The van der Waals surface area contributed by atoms with E-state index >= 15 is 0 Å². The molecule has 0 radical (unpaired) electrons. The standard InChI is InChI=1S/C11H23N/c1-9(2)12-7-5-6-10(3)11(4)8-12/h9-11H,5-8H2,1-4H3. The van der Waals surface area contributed by atoms with E-state index in [1.807, 2.05) is 0 Å². The predicted octanol–water partition coefficient (Wildman–Crippen LogP) is 2.76. The molecular weight excluding hydrogens is 146 g/mol. The van der Waals surface area contributed by atoms with Crippen molar-refractivity contribution in [1.29, 1.82) is 0 Å². The number of rotatable bonds is 1. The van der Waals surface area contributed by atoms with Crippen molar-refractivity contribution in [3.05, 3.63) is 0 Å². The Hall–Kier alpha value is -0.0400. The van der Waals surface area contributed by atoms with Crippen LogP contribution < -0.4 is 0 Å². The molecule has 0 saturated carbocycles. The molecule has 1 nitrogen and oxygen atoms in total. The fraction of sp³-hybridized carbons (Fsp3) is 1.00. The maximum atomic E-state index is 2.62. The molecule has 0 spiro atoms. The molecule has 12 heavy (non-hydrogen) atoms. The summed E-state index contributed by atoms with van der Waals surface area (Å²) in [6, 6.07) is 0.734. The smallest absolute Gasteiger partial charge is 0.00387 e. The van der Waals surface area contributed by atoms with Crippen LogP contribution in [0.4, 0.5) is 0 Å².